The summed E-state index contributed by atoms with van der Waals surface area (Å²) in [6.45, 7) is 0. The van der Waals surface area contributed by atoms with E-state index >= 15 is 0 Å². The van der Waals surface area contributed by atoms with Crippen LogP contribution in [0.4, 0.5) is 22.0 Å². The van der Waals surface area contributed by atoms with Crippen LogP contribution in [-0.2, 0) is 6.18 Å². The first-order chi connectivity index (χ1) is 6.75. The molecule has 1 aromatic heterocycles. The van der Waals surface area contributed by atoms with Crippen LogP contribution in [0.2, 0.25) is 5.02 Å². The summed E-state index contributed by atoms with van der Waals surface area (Å²) >= 11 is 6.83. The molecule has 0 aromatic carbocycles. The molecule has 0 bridgehead atoms. The molecule has 0 amide bonds. The van der Waals surface area contributed by atoms with Gasteiger partial charge in [0.1, 0.15) is 3.70 Å². The van der Waals surface area contributed by atoms with E-state index in [0.29, 0.717) is 6.20 Å². The van der Waals surface area contributed by atoms with E-state index in [0.717, 1.165) is 0 Å². The Balaban J connectivity index is 3.47. The van der Waals surface area contributed by atoms with Gasteiger partial charge in [0.25, 0.3) is 6.43 Å². The number of aromatic nitrogens is 1. The molecule has 8 heteroatoms. The van der Waals surface area contributed by atoms with Crippen LogP contribution in [0, 0.1) is 3.70 Å². The number of alkyl halides is 5. The third kappa shape index (κ3) is 2.68. The lowest BCUT2D eigenvalue weighted by Gasteiger charge is -2.13. The fourth-order valence-electron chi connectivity index (χ4n) is 0.916. The zero-order valence-corrected chi connectivity index (χ0v) is 9.66. The van der Waals surface area contributed by atoms with Crippen LogP contribution in [0.1, 0.15) is 17.6 Å². The Morgan fingerprint density at radius 2 is 1.87 bits per heavy atom. The van der Waals surface area contributed by atoms with Crippen molar-refractivity contribution in [2.75, 3.05) is 0 Å². The average Bonchev–Trinajstić information content (AvgIpc) is 2.06. The van der Waals surface area contributed by atoms with E-state index in [4.69, 9.17) is 11.6 Å². The smallest absolute Gasteiger partial charge is 0.248 e. The fourth-order valence-corrected chi connectivity index (χ4v) is 1.58. The van der Waals surface area contributed by atoms with Crippen molar-refractivity contribution in [2.24, 2.45) is 0 Å². The molecular weight excluding hydrogens is 355 g/mol. The SMILES string of the molecule is FC(F)c1c(C(F)(F)F)cnc(I)c1Cl. The van der Waals surface area contributed by atoms with E-state index in [1.165, 1.54) is 22.6 Å². The minimum atomic E-state index is -4.88. The third-order valence-corrected chi connectivity index (χ3v) is 3.06. The maximum atomic E-state index is 12.4. The van der Waals surface area contributed by atoms with Crippen molar-refractivity contribution in [1.29, 1.82) is 0 Å². The van der Waals surface area contributed by atoms with Gasteiger partial charge in [-0.2, -0.15) is 13.2 Å². The quantitative estimate of drug-likeness (QED) is 0.415. The van der Waals surface area contributed by atoms with E-state index in [-0.39, 0.29) is 3.70 Å². The maximum absolute atomic E-state index is 12.4. The van der Waals surface area contributed by atoms with Gasteiger partial charge in [-0.1, -0.05) is 11.6 Å². The van der Waals surface area contributed by atoms with Gasteiger partial charge in [-0.05, 0) is 22.6 Å². The van der Waals surface area contributed by atoms with Crippen LogP contribution in [0.3, 0.4) is 0 Å². The van der Waals surface area contributed by atoms with Gasteiger partial charge in [-0.15, -0.1) is 0 Å². The average molecular weight is 357 g/mol. The Kier molecular flexibility index (Phi) is 3.75. The van der Waals surface area contributed by atoms with Crippen molar-refractivity contribution < 1.29 is 22.0 Å². The highest BCUT2D eigenvalue weighted by Crippen LogP contribution is 2.40. The van der Waals surface area contributed by atoms with Gasteiger partial charge < -0.3 is 0 Å². The van der Waals surface area contributed by atoms with Gasteiger partial charge in [0, 0.05) is 6.20 Å². The predicted octanol–water partition coefficient (Wildman–Crippen LogP) is 4.30. The second kappa shape index (κ2) is 4.36. The molecule has 0 atom stereocenters. The Labute approximate surface area is 99.8 Å². The molecule has 0 saturated carbocycles. The zero-order chi connectivity index (χ0) is 11.8. The fraction of sp³-hybridized carbons (Fsp3) is 0.286. The molecule has 0 radical (unpaired) electrons. The molecule has 1 nitrogen and oxygen atoms in total. The molecule has 84 valence electrons. The highest BCUT2D eigenvalue weighted by atomic mass is 127. The van der Waals surface area contributed by atoms with Crippen molar-refractivity contribution in [3.05, 3.63) is 26.0 Å². The van der Waals surface area contributed by atoms with Crippen LogP contribution in [0.25, 0.3) is 0 Å². The minimum absolute atomic E-state index is 0.0856. The first-order valence-corrected chi connectivity index (χ1v) is 4.90. The van der Waals surface area contributed by atoms with E-state index < -0.39 is 28.8 Å². The number of hydrogen-bond donors (Lipinski definition) is 0. The van der Waals surface area contributed by atoms with Crippen molar-refractivity contribution >= 4 is 34.2 Å². The summed E-state index contributed by atoms with van der Waals surface area (Å²) in [6, 6.07) is 0. The Bertz CT molecular complexity index is 378. The summed E-state index contributed by atoms with van der Waals surface area (Å²) in [7, 11) is 0. The first kappa shape index (κ1) is 12.9. The van der Waals surface area contributed by atoms with Crippen molar-refractivity contribution in [3.8, 4) is 0 Å². The lowest BCUT2D eigenvalue weighted by atomic mass is 10.1. The molecule has 15 heavy (non-hydrogen) atoms. The lowest BCUT2D eigenvalue weighted by Crippen LogP contribution is -2.11. The van der Waals surface area contributed by atoms with E-state index in [2.05, 4.69) is 4.98 Å². The van der Waals surface area contributed by atoms with E-state index in [9.17, 15) is 22.0 Å². The number of halogens is 7. The molecule has 1 heterocycles. The van der Waals surface area contributed by atoms with Gasteiger partial charge >= 0.3 is 6.18 Å². The number of hydrogen-bond acceptors (Lipinski definition) is 1. The summed E-state index contributed by atoms with van der Waals surface area (Å²) in [4.78, 5) is 3.29. The molecular formula is C7H2ClF5IN. The van der Waals surface area contributed by atoms with Gasteiger partial charge in [0.2, 0.25) is 0 Å². The second-order valence-corrected chi connectivity index (χ2v) is 3.89. The van der Waals surface area contributed by atoms with Crippen LogP contribution in [0.5, 0.6) is 0 Å². The summed E-state index contributed by atoms with van der Waals surface area (Å²) < 4.78 is 61.5. The first-order valence-electron chi connectivity index (χ1n) is 3.44. The largest absolute Gasteiger partial charge is 0.418 e. The zero-order valence-electron chi connectivity index (χ0n) is 6.75. The summed E-state index contributed by atoms with van der Waals surface area (Å²) in [5, 5.41) is -0.652. The van der Waals surface area contributed by atoms with Crippen molar-refractivity contribution in [1.82, 2.24) is 4.98 Å². The van der Waals surface area contributed by atoms with E-state index in [1.54, 1.807) is 0 Å². The molecule has 1 rings (SSSR count). The normalized spacial score (nSPS) is 12.3. The maximum Gasteiger partial charge on any atom is 0.418 e. The standard InChI is InChI=1S/C7H2ClF5IN/c8-4-3(5(9)10)2(7(11,12)13)1-15-6(4)14/h1,5H. The van der Waals surface area contributed by atoms with Gasteiger partial charge in [0.15, 0.2) is 0 Å². The van der Waals surface area contributed by atoms with Crippen LogP contribution < -0.4 is 0 Å². The molecule has 1 aromatic rings. The Hall–Kier alpha value is -0.180. The predicted molar refractivity (Wildman–Crippen MR) is 51.9 cm³/mol. The molecule has 0 fully saturated rings. The van der Waals surface area contributed by atoms with Crippen molar-refractivity contribution in [2.45, 2.75) is 12.6 Å². The number of rotatable bonds is 1. The third-order valence-electron chi connectivity index (χ3n) is 1.54. The second-order valence-electron chi connectivity index (χ2n) is 2.49. The highest BCUT2D eigenvalue weighted by Gasteiger charge is 2.38. The van der Waals surface area contributed by atoms with Crippen molar-refractivity contribution in [3.63, 3.8) is 0 Å². The monoisotopic (exact) mass is 357 g/mol. The number of nitrogens with zero attached hydrogens (tertiary/aromatic N) is 1. The molecule has 0 saturated heterocycles. The van der Waals surface area contributed by atoms with Crippen LogP contribution in [0.15, 0.2) is 6.20 Å². The van der Waals surface area contributed by atoms with Gasteiger partial charge in [-0.25, -0.2) is 13.8 Å². The van der Waals surface area contributed by atoms with Gasteiger partial charge in [-0.3, -0.25) is 0 Å². The molecule has 0 aliphatic heterocycles. The Morgan fingerprint density at radius 3 is 2.27 bits per heavy atom. The van der Waals surface area contributed by atoms with Gasteiger partial charge in [0.05, 0.1) is 16.1 Å². The molecule has 0 aliphatic carbocycles. The van der Waals surface area contributed by atoms with Crippen LogP contribution >= 0.6 is 34.2 Å². The number of pyridine rings is 1. The molecule has 0 aliphatic rings. The molecule has 0 spiro atoms. The highest BCUT2D eigenvalue weighted by molar-refractivity contribution is 14.1. The Morgan fingerprint density at radius 1 is 1.33 bits per heavy atom. The summed E-state index contributed by atoms with van der Waals surface area (Å²) in [6.07, 6.45) is -7.81. The summed E-state index contributed by atoms with van der Waals surface area (Å²) in [5.74, 6) is 0. The molecule has 0 unspecified atom stereocenters. The molecule has 0 N–H and O–H groups in total. The minimum Gasteiger partial charge on any atom is -0.248 e. The van der Waals surface area contributed by atoms with Crippen LogP contribution in [-0.4, -0.2) is 4.98 Å². The topological polar surface area (TPSA) is 12.9 Å². The van der Waals surface area contributed by atoms with E-state index in [1.807, 2.05) is 0 Å². The lowest BCUT2D eigenvalue weighted by molar-refractivity contribution is -0.139. The summed E-state index contributed by atoms with van der Waals surface area (Å²) in [5.41, 5.74) is -2.72.